The van der Waals surface area contributed by atoms with Crippen LogP contribution < -0.4 is 4.87 Å². The number of hydrogen-bond acceptors (Lipinski definition) is 2. The normalized spacial score (nSPS) is 16.6. The molecule has 1 heterocycles. The Morgan fingerprint density at radius 3 is 2.57 bits per heavy atom. The first-order valence-electron chi connectivity index (χ1n) is 5.39. The van der Waals surface area contributed by atoms with Crippen molar-refractivity contribution in [3.63, 3.8) is 0 Å². The maximum Gasteiger partial charge on any atom is 0.307 e. The van der Waals surface area contributed by atoms with E-state index in [-0.39, 0.29) is 4.87 Å². The van der Waals surface area contributed by atoms with E-state index >= 15 is 0 Å². The van der Waals surface area contributed by atoms with E-state index in [1.165, 1.54) is 34.7 Å². The fourth-order valence-electron chi connectivity index (χ4n) is 1.97. The molecule has 0 radical (unpaired) electrons. The summed E-state index contributed by atoms with van der Waals surface area (Å²) in [5.74, 6) is 0.476. The van der Waals surface area contributed by atoms with Crippen LogP contribution >= 0.6 is 11.3 Å². The van der Waals surface area contributed by atoms with Gasteiger partial charge in [0.2, 0.25) is 0 Å². The Morgan fingerprint density at radius 2 is 2.14 bits per heavy atom. The van der Waals surface area contributed by atoms with Crippen molar-refractivity contribution in [2.75, 3.05) is 0 Å². The van der Waals surface area contributed by atoms with Crippen molar-refractivity contribution in [1.29, 1.82) is 0 Å². The van der Waals surface area contributed by atoms with E-state index in [0.717, 1.165) is 6.42 Å². The van der Waals surface area contributed by atoms with Gasteiger partial charge in [-0.15, -0.1) is 0 Å². The van der Waals surface area contributed by atoms with Gasteiger partial charge in [0.15, 0.2) is 0 Å². The molecular weight excluding hydrogens is 194 g/mol. The molecule has 3 heteroatoms. The molecule has 0 saturated heterocycles. The van der Waals surface area contributed by atoms with Gasteiger partial charge in [-0.25, -0.2) is 0 Å². The lowest BCUT2D eigenvalue weighted by molar-refractivity contribution is 0.638. The van der Waals surface area contributed by atoms with E-state index in [4.69, 9.17) is 0 Å². The second kappa shape index (κ2) is 3.54. The van der Waals surface area contributed by atoms with Crippen molar-refractivity contribution >= 4 is 11.3 Å². The molecule has 0 atom stereocenters. The third-order valence-corrected chi connectivity index (χ3v) is 3.85. The van der Waals surface area contributed by atoms with E-state index in [9.17, 15) is 4.79 Å². The topological polar surface area (TPSA) is 22.0 Å². The number of aromatic nitrogens is 1. The van der Waals surface area contributed by atoms with Gasteiger partial charge < -0.3 is 0 Å². The maximum atomic E-state index is 11.8. The fourth-order valence-corrected chi connectivity index (χ4v) is 3.11. The van der Waals surface area contributed by atoms with Crippen LogP contribution in [0.3, 0.4) is 0 Å². The van der Waals surface area contributed by atoms with Crippen LogP contribution in [0.1, 0.15) is 56.1 Å². The van der Waals surface area contributed by atoms with Crippen LogP contribution in [-0.2, 0) is 6.42 Å². The van der Waals surface area contributed by atoms with Gasteiger partial charge >= 0.3 is 4.87 Å². The second-order valence-corrected chi connectivity index (χ2v) is 5.33. The lowest BCUT2D eigenvalue weighted by Crippen LogP contribution is -2.15. The smallest absolute Gasteiger partial charge is 0.299 e. The SMILES string of the molecule is CCc1sc(=O)n(C2CC2)c1C(C)C. The monoisotopic (exact) mass is 211 g/mol. The number of thiazole rings is 1. The molecule has 14 heavy (non-hydrogen) atoms. The molecule has 1 aliphatic rings. The van der Waals surface area contributed by atoms with E-state index < -0.39 is 0 Å². The van der Waals surface area contributed by atoms with E-state index in [1.807, 2.05) is 4.57 Å². The molecule has 78 valence electrons. The molecule has 0 spiro atoms. The fraction of sp³-hybridized carbons (Fsp3) is 0.727. The highest BCUT2D eigenvalue weighted by Crippen LogP contribution is 2.38. The van der Waals surface area contributed by atoms with Gasteiger partial charge in [-0.05, 0) is 25.2 Å². The Balaban J connectivity index is 2.54. The summed E-state index contributed by atoms with van der Waals surface area (Å²) in [6.07, 6.45) is 3.38. The third-order valence-electron chi connectivity index (χ3n) is 2.73. The first-order valence-corrected chi connectivity index (χ1v) is 6.20. The first-order chi connectivity index (χ1) is 6.65. The summed E-state index contributed by atoms with van der Waals surface area (Å²) < 4.78 is 2.05. The van der Waals surface area contributed by atoms with Gasteiger partial charge in [0.25, 0.3) is 0 Å². The molecule has 0 aliphatic heterocycles. The van der Waals surface area contributed by atoms with E-state index in [0.29, 0.717) is 12.0 Å². The zero-order valence-corrected chi connectivity index (χ0v) is 9.86. The van der Waals surface area contributed by atoms with Gasteiger partial charge in [0.1, 0.15) is 0 Å². The summed E-state index contributed by atoms with van der Waals surface area (Å²) in [5.41, 5.74) is 1.30. The van der Waals surface area contributed by atoms with Gasteiger partial charge in [-0.1, -0.05) is 32.1 Å². The summed E-state index contributed by atoms with van der Waals surface area (Å²) in [6.45, 7) is 6.49. The molecule has 1 saturated carbocycles. The predicted octanol–water partition coefficient (Wildman–Crippen LogP) is 2.93. The summed E-state index contributed by atoms with van der Waals surface area (Å²) in [5, 5.41) is 0. The van der Waals surface area contributed by atoms with E-state index in [1.54, 1.807) is 0 Å². The van der Waals surface area contributed by atoms with Crippen LogP contribution in [0.15, 0.2) is 4.79 Å². The number of hydrogen-bond donors (Lipinski definition) is 0. The lowest BCUT2D eigenvalue weighted by atomic mass is 10.1. The molecular formula is C11H17NOS. The summed E-state index contributed by atoms with van der Waals surface area (Å²) >= 11 is 1.45. The minimum absolute atomic E-state index is 0.257. The average Bonchev–Trinajstić information content (AvgIpc) is 2.89. The Labute approximate surface area is 88.6 Å². The zero-order chi connectivity index (χ0) is 10.3. The van der Waals surface area contributed by atoms with E-state index in [2.05, 4.69) is 20.8 Å². The van der Waals surface area contributed by atoms with Gasteiger partial charge in [-0.3, -0.25) is 9.36 Å². The van der Waals surface area contributed by atoms with Gasteiger partial charge in [0, 0.05) is 16.6 Å². The molecule has 0 aromatic carbocycles. The van der Waals surface area contributed by atoms with Crippen LogP contribution in [-0.4, -0.2) is 4.57 Å². The van der Waals surface area contributed by atoms with Gasteiger partial charge in [-0.2, -0.15) is 0 Å². The van der Waals surface area contributed by atoms with Crippen molar-refractivity contribution in [3.05, 3.63) is 20.2 Å². The molecule has 0 N–H and O–H groups in total. The molecule has 1 fully saturated rings. The molecule has 0 amide bonds. The Hall–Kier alpha value is -0.570. The lowest BCUT2D eigenvalue weighted by Gasteiger charge is -2.11. The van der Waals surface area contributed by atoms with Crippen molar-refractivity contribution in [3.8, 4) is 0 Å². The zero-order valence-electron chi connectivity index (χ0n) is 9.04. The predicted molar refractivity (Wildman–Crippen MR) is 60.3 cm³/mol. The average molecular weight is 211 g/mol. The number of rotatable bonds is 3. The third kappa shape index (κ3) is 1.54. The summed E-state index contributed by atoms with van der Waals surface area (Å²) in [6, 6.07) is 0.524. The Kier molecular flexibility index (Phi) is 2.52. The van der Waals surface area contributed by atoms with Crippen molar-refractivity contribution < 1.29 is 0 Å². The number of aryl methyl sites for hydroxylation is 1. The molecule has 1 aliphatic carbocycles. The highest BCUT2D eigenvalue weighted by Gasteiger charge is 2.29. The highest BCUT2D eigenvalue weighted by atomic mass is 32.1. The molecule has 2 nitrogen and oxygen atoms in total. The summed E-state index contributed by atoms with van der Waals surface area (Å²) in [7, 11) is 0. The van der Waals surface area contributed by atoms with Crippen LogP contribution in [0.4, 0.5) is 0 Å². The van der Waals surface area contributed by atoms with Crippen molar-refractivity contribution in [2.45, 2.75) is 52.0 Å². The standard InChI is InChI=1S/C11H17NOS/c1-4-9-10(7(2)3)12(8-5-6-8)11(13)14-9/h7-8H,4-6H2,1-3H3. The highest BCUT2D eigenvalue weighted by molar-refractivity contribution is 7.09. The molecule has 0 unspecified atom stereocenters. The van der Waals surface area contributed by atoms with Crippen molar-refractivity contribution in [2.24, 2.45) is 0 Å². The Morgan fingerprint density at radius 1 is 1.50 bits per heavy atom. The molecule has 0 bridgehead atoms. The second-order valence-electron chi connectivity index (χ2n) is 4.29. The Bertz CT molecular complexity index is 384. The molecule has 1 aromatic rings. The summed E-state index contributed by atoms with van der Waals surface area (Å²) in [4.78, 5) is 13.3. The quantitative estimate of drug-likeness (QED) is 0.753. The largest absolute Gasteiger partial charge is 0.307 e. The number of nitrogens with zero attached hydrogens (tertiary/aromatic N) is 1. The first kappa shape index (κ1) is 9.97. The van der Waals surface area contributed by atoms with Gasteiger partial charge in [0.05, 0.1) is 0 Å². The van der Waals surface area contributed by atoms with Crippen LogP contribution in [0.5, 0.6) is 0 Å². The maximum absolute atomic E-state index is 11.8. The molecule has 1 aromatic heterocycles. The van der Waals surface area contributed by atoms with Crippen LogP contribution in [0, 0.1) is 0 Å². The van der Waals surface area contributed by atoms with Crippen LogP contribution in [0.25, 0.3) is 0 Å². The van der Waals surface area contributed by atoms with Crippen LogP contribution in [0.2, 0.25) is 0 Å². The minimum atomic E-state index is 0.257. The molecule has 2 rings (SSSR count). The minimum Gasteiger partial charge on any atom is -0.299 e. The van der Waals surface area contributed by atoms with Crippen molar-refractivity contribution in [1.82, 2.24) is 4.57 Å².